The van der Waals surface area contributed by atoms with Crippen molar-refractivity contribution < 1.29 is 38.2 Å². The molecule has 2 heterocycles. The molecule has 4 rings (SSSR count). The topological polar surface area (TPSA) is 156 Å². The monoisotopic (exact) mass is 650 g/mol. The number of epoxide rings is 1. The first-order chi connectivity index (χ1) is 22.2. The van der Waals surface area contributed by atoms with E-state index in [1.165, 1.54) is 11.8 Å². The summed E-state index contributed by atoms with van der Waals surface area (Å²) in [5.74, 6) is -1.27. The molecule has 2 fully saturated rings. The summed E-state index contributed by atoms with van der Waals surface area (Å²) in [5, 5.41) is 8.33. The van der Waals surface area contributed by atoms with E-state index in [1.54, 1.807) is 59.1 Å². The average Bonchev–Trinajstić information content (AvgIpc) is 3.58. The summed E-state index contributed by atoms with van der Waals surface area (Å²) < 4.78 is 16.1. The smallest absolute Gasteiger partial charge is 0.410 e. The first-order valence-corrected chi connectivity index (χ1v) is 15.9. The molecule has 0 aliphatic carbocycles. The molecule has 0 bridgehead atoms. The lowest BCUT2D eigenvalue weighted by atomic mass is 9.94. The third-order valence-corrected chi connectivity index (χ3v) is 8.18. The molecule has 0 saturated carbocycles. The number of carbonyl (C=O) groups is 5. The fourth-order valence-electron chi connectivity index (χ4n) is 5.41. The molecule has 2 aromatic carbocycles. The molecule has 47 heavy (non-hydrogen) atoms. The van der Waals surface area contributed by atoms with Crippen LogP contribution < -0.4 is 20.7 Å². The molecule has 0 spiro atoms. The average molecular weight is 651 g/mol. The van der Waals surface area contributed by atoms with Crippen LogP contribution in [0, 0.1) is 0 Å². The summed E-state index contributed by atoms with van der Waals surface area (Å²) in [6.45, 7) is 9.08. The van der Waals surface area contributed by atoms with Crippen molar-refractivity contribution in [2.75, 3.05) is 20.3 Å². The van der Waals surface area contributed by atoms with Crippen LogP contribution in [-0.2, 0) is 41.5 Å². The molecule has 5 unspecified atom stereocenters. The van der Waals surface area contributed by atoms with Gasteiger partial charge in [0.05, 0.1) is 19.8 Å². The van der Waals surface area contributed by atoms with E-state index in [-0.39, 0.29) is 25.2 Å². The molecule has 2 aliphatic rings. The van der Waals surface area contributed by atoms with Gasteiger partial charge in [-0.3, -0.25) is 24.1 Å². The Morgan fingerprint density at radius 1 is 0.915 bits per heavy atom. The Kier molecular flexibility index (Phi) is 11.3. The van der Waals surface area contributed by atoms with Gasteiger partial charge in [0.25, 0.3) is 0 Å². The molecule has 0 aromatic heterocycles. The highest BCUT2D eigenvalue weighted by Gasteiger charge is 2.50. The number of Topliss-reactive ketones (excluding diaryl/α,β-unsaturated/α-hetero) is 1. The van der Waals surface area contributed by atoms with Crippen LogP contribution in [0.1, 0.15) is 58.6 Å². The number of hydrogen-bond donors (Lipinski definition) is 3. The highest BCUT2D eigenvalue weighted by Crippen LogP contribution is 2.29. The Bertz CT molecular complexity index is 1440. The predicted molar refractivity (Wildman–Crippen MR) is 174 cm³/mol. The van der Waals surface area contributed by atoms with Crippen LogP contribution in [0.2, 0.25) is 0 Å². The number of nitrogens with one attached hydrogen (secondary N) is 3. The number of rotatable bonds is 13. The Labute approximate surface area is 275 Å². The normalized spacial score (nSPS) is 20.7. The number of amides is 4. The van der Waals surface area contributed by atoms with Crippen molar-refractivity contribution in [3.63, 3.8) is 0 Å². The predicted octanol–water partition coefficient (Wildman–Crippen LogP) is 2.71. The summed E-state index contributed by atoms with van der Waals surface area (Å²) in [6, 6.07) is 12.6. The van der Waals surface area contributed by atoms with Crippen LogP contribution in [0.15, 0.2) is 54.6 Å². The van der Waals surface area contributed by atoms with Gasteiger partial charge < -0.3 is 30.2 Å². The number of likely N-dealkylation sites (tertiary alicyclic amines) is 1. The van der Waals surface area contributed by atoms with E-state index in [0.29, 0.717) is 25.1 Å². The third kappa shape index (κ3) is 9.77. The fourth-order valence-corrected chi connectivity index (χ4v) is 5.41. The molecule has 2 aliphatic heterocycles. The third-order valence-electron chi connectivity index (χ3n) is 8.18. The van der Waals surface area contributed by atoms with Crippen LogP contribution >= 0.6 is 0 Å². The number of methoxy groups -OCH3 is 1. The minimum Gasteiger partial charge on any atom is -0.497 e. The van der Waals surface area contributed by atoms with Gasteiger partial charge in [0.1, 0.15) is 35.1 Å². The first-order valence-electron chi connectivity index (χ1n) is 15.9. The summed E-state index contributed by atoms with van der Waals surface area (Å²) >= 11 is 0. The summed E-state index contributed by atoms with van der Waals surface area (Å²) in [6.07, 6.45) is 0.817. The number of ether oxygens (including phenoxy) is 3. The molecule has 0 radical (unpaired) electrons. The van der Waals surface area contributed by atoms with Crippen molar-refractivity contribution in [2.24, 2.45) is 0 Å². The molecule has 3 N–H and O–H groups in total. The Morgan fingerprint density at radius 3 is 2.11 bits per heavy atom. The van der Waals surface area contributed by atoms with Gasteiger partial charge in [-0.25, -0.2) is 4.79 Å². The summed E-state index contributed by atoms with van der Waals surface area (Å²) in [5.41, 5.74) is -0.102. The molecule has 4 amide bonds. The SMILES string of the molecule is COc1ccc(CC(NC(=O)C(C)NC(=O)C2CCCN2C(=O)OC(C)(C)C)C(=O)NC(Cc2ccccc2)C(=O)C2(C)CO2)cc1. The standard InChI is InChI=1S/C35H46N4O8/c1-22(36-32(43)28-13-10-18-39(28)33(44)47-34(2,3)4)30(41)38-27(20-24-14-16-25(45-6)17-15-24)31(42)37-26(29(40)35(5)21-46-35)19-23-11-8-7-9-12-23/h7-9,11-12,14-17,22,26-28H,10,13,18-21H2,1-6H3,(H,36,43)(H,37,42)(H,38,41). The van der Waals surface area contributed by atoms with E-state index in [0.717, 1.165) is 11.1 Å². The largest absolute Gasteiger partial charge is 0.497 e. The number of nitrogens with zero attached hydrogens (tertiary/aromatic N) is 1. The molecular formula is C35H46N4O8. The van der Waals surface area contributed by atoms with Gasteiger partial charge >= 0.3 is 6.09 Å². The first kappa shape index (κ1) is 35.4. The van der Waals surface area contributed by atoms with Crippen LogP contribution in [0.5, 0.6) is 5.75 Å². The van der Waals surface area contributed by atoms with E-state index in [1.807, 2.05) is 30.3 Å². The van der Waals surface area contributed by atoms with E-state index in [4.69, 9.17) is 14.2 Å². The van der Waals surface area contributed by atoms with Crippen molar-refractivity contribution in [1.82, 2.24) is 20.9 Å². The van der Waals surface area contributed by atoms with Crippen molar-refractivity contribution >= 4 is 29.6 Å². The minimum atomic E-state index is -1.08. The van der Waals surface area contributed by atoms with Gasteiger partial charge in [0.2, 0.25) is 17.7 Å². The van der Waals surface area contributed by atoms with Crippen molar-refractivity contribution in [3.8, 4) is 5.75 Å². The number of hydrogen-bond acceptors (Lipinski definition) is 8. The zero-order valence-corrected chi connectivity index (χ0v) is 28.0. The van der Waals surface area contributed by atoms with Crippen molar-refractivity contribution in [1.29, 1.82) is 0 Å². The van der Waals surface area contributed by atoms with Crippen molar-refractivity contribution in [3.05, 3.63) is 65.7 Å². The van der Waals surface area contributed by atoms with Crippen LogP contribution in [0.4, 0.5) is 4.79 Å². The lowest BCUT2D eigenvalue weighted by molar-refractivity contribution is -0.134. The van der Waals surface area contributed by atoms with Crippen LogP contribution in [0.25, 0.3) is 0 Å². The molecule has 12 heteroatoms. The second kappa shape index (κ2) is 15.0. The zero-order chi connectivity index (χ0) is 34.4. The van der Waals surface area contributed by atoms with Gasteiger partial charge in [-0.2, -0.15) is 0 Å². The Morgan fingerprint density at radius 2 is 1.51 bits per heavy atom. The highest BCUT2D eigenvalue weighted by molar-refractivity contribution is 5.99. The maximum Gasteiger partial charge on any atom is 0.410 e. The molecular weight excluding hydrogens is 604 g/mol. The maximum absolute atomic E-state index is 13.9. The van der Waals surface area contributed by atoms with E-state index < -0.39 is 59.2 Å². The summed E-state index contributed by atoms with van der Waals surface area (Å²) in [7, 11) is 1.55. The molecule has 254 valence electrons. The Hall–Kier alpha value is -4.45. The Balaban J connectivity index is 1.48. The molecule has 5 atom stereocenters. The molecule has 2 saturated heterocycles. The maximum atomic E-state index is 13.9. The van der Waals surface area contributed by atoms with Gasteiger partial charge in [0, 0.05) is 13.0 Å². The molecule has 12 nitrogen and oxygen atoms in total. The van der Waals surface area contributed by atoms with E-state index >= 15 is 0 Å². The highest BCUT2D eigenvalue weighted by atomic mass is 16.6. The number of carbonyl (C=O) groups excluding carboxylic acids is 5. The fraction of sp³-hybridized carbons (Fsp3) is 0.514. The van der Waals surface area contributed by atoms with Gasteiger partial charge in [-0.1, -0.05) is 42.5 Å². The minimum absolute atomic E-state index is 0.108. The number of ketones is 1. The second-order valence-corrected chi connectivity index (χ2v) is 13.3. The lowest BCUT2D eigenvalue weighted by Gasteiger charge is -2.29. The summed E-state index contributed by atoms with van der Waals surface area (Å²) in [4.78, 5) is 68.0. The van der Waals surface area contributed by atoms with Gasteiger partial charge in [0.15, 0.2) is 5.78 Å². The zero-order valence-electron chi connectivity index (χ0n) is 28.0. The quantitative estimate of drug-likeness (QED) is 0.280. The molecule has 2 aromatic rings. The van der Waals surface area contributed by atoms with Gasteiger partial charge in [-0.05, 0) is 77.1 Å². The van der Waals surface area contributed by atoms with Crippen LogP contribution in [-0.4, -0.2) is 90.1 Å². The van der Waals surface area contributed by atoms with E-state index in [9.17, 15) is 24.0 Å². The lowest BCUT2D eigenvalue weighted by Crippen LogP contribution is -2.58. The van der Waals surface area contributed by atoms with Crippen LogP contribution in [0.3, 0.4) is 0 Å². The van der Waals surface area contributed by atoms with Crippen molar-refractivity contribution in [2.45, 2.75) is 95.7 Å². The second-order valence-electron chi connectivity index (χ2n) is 13.3. The van der Waals surface area contributed by atoms with Gasteiger partial charge in [-0.15, -0.1) is 0 Å². The van der Waals surface area contributed by atoms with E-state index in [2.05, 4.69) is 16.0 Å². The number of benzene rings is 2.